The number of benzene rings is 3. The number of rotatable bonds is 0. The highest BCUT2D eigenvalue weighted by molar-refractivity contribution is 6.17. The van der Waals surface area contributed by atoms with E-state index < -0.39 is 0 Å². The second-order valence-corrected chi connectivity index (χ2v) is 5.13. The van der Waals surface area contributed by atoms with Crippen LogP contribution in [0, 0.1) is 0 Å². The zero-order valence-corrected chi connectivity index (χ0v) is 11.1. The zero-order chi connectivity index (χ0) is 13.8. The van der Waals surface area contributed by atoms with Gasteiger partial charge in [0.25, 0.3) is 0 Å². The molecular formula is C18H10N2O. The molecule has 3 heteroatoms. The molecule has 2 heterocycles. The van der Waals surface area contributed by atoms with Crippen molar-refractivity contribution in [3.05, 3.63) is 60.7 Å². The van der Waals surface area contributed by atoms with Gasteiger partial charge in [0.2, 0.25) is 5.71 Å². The summed E-state index contributed by atoms with van der Waals surface area (Å²) in [6.45, 7) is 0. The van der Waals surface area contributed by atoms with Crippen LogP contribution in [-0.4, -0.2) is 9.97 Å². The lowest BCUT2D eigenvalue weighted by molar-refractivity contribution is 0.655. The minimum atomic E-state index is 0.597. The predicted octanol–water partition coefficient (Wildman–Crippen LogP) is 4.68. The molecule has 3 nitrogen and oxygen atoms in total. The fourth-order valence-electron chi connectivity index (χ4n) is 2.90. The smallest absolute Gasteiger partial charge is 0.246 e. The Labute approximate surface area is 119 Å². The molecule has 0 aliphatic heterocycles. The SMILES string of the molecule is c1ccc2c(c1)ccc1oc3nc4ccccc4nc3c12. The Morgan fingerprint density at radius 1 is 0.714 bits per heavy atom. The van der Waals surface area contributed by atoms with Crippen LogP contribution in [0.15, 0.2) is 65.1 Å². The maximum atomic E-state index is 5.90. The molecule has 0 radical (unpaired) electrons. The second kappa shape index (κ2) is 3.79. The molecule has 0 aliphatic carbocycles. The number of aromatic nitrogens is 2. The molecule has 2 aromatic heterocycles. The number of furan rings is 1. The van der Waals surface area contributed by atoms with Crippen molar-refractivity contribution in [1.82, 2.24) is 9.97 Å². The Hall–Kier alpha value is -2.94. The minimum absolute atomic E-state index is 0.597. The van der Waals surface area contributed by atoms with Gasteiger partial charge in [-0.25, -0.2) is 9.97 Å². The van der Waals surface area contributed by atoms with Gasteiger partial charge < -0.3 is 4.42 Å². The highest BCUT2D eigenvalue weighted by Gasteiger charge is 2.13. The van der Waals surface area contributed by atoms with E-state index in [1.165, 1.54) is 5.39 Å². The van der Waals surface area contributed by atoms with Crippen LogP contribution in [0.4, 0.5) is 0 Å². The number of nitrogens with zero attached hydrogens (tertiary/aromatic N) is 2. The van der Waals surface area contributed by atoms with Crippen molar-refractivity contribution >= 4 is 44.0 Å². The Morgan fingerprint density at radius 2 is 1.48 bits per heavy atom. The minimum Gasteiger partial charge on any atom is -0.436 e. The third-order valence-corrected chi connectivity index (χ3v) is 3.87. The van der Waals surface area contributed by atoms with Gasteiger partial charge in [-0.3, -0.25) is 0 Å². The van der Waals surface area contributed by atoms with Gasteiger partial charge in [-0.2, -0.15) is 0 Å². The van der Waals surface area contributed by atoms with Crippen molar-refractivity contribution in [3.8, 4) is 0 Å². The van der Waals surface area contributed by atoms with E-state index in [1.807, 2.05) is 42.5 Å². The standard InChI is InChI=1S/C18H10N2O/c1-2-6-12-11(5-1)9-10-15-16(12)17-18(21-15)20-14-8-4-3-7-13(14)19-17/h1-10H. The first-order valence-electron chi connectivity index (χ1n) is 6.87. The van der Waals surface area contributed by atoms with E-state index in [4.69, 9.17) is 9.40 Å². The highest BCUT2D eigenvalue weighted by atomic mass is 16.3. The molecule has 5 rings (SSSR count). The summed E-state index contributed by atoms with van der Waals surface area (Å²) < 4.78 is 5.90. The number of hydrogen-bond donors (Lipinski definition) is 0. The number of para-hydroxylation sites is 2. The molecule has 0 N–H and O–H groups in total. The lowest BCUT2D eigenvalue weighted by atomic mass is 10.1. The quantitative estimate of drug-likeness (QED) is 0.410. The van der Waals surface area contributed by atoms with Crippen molar-refractivity contribution in [2.24, 2.45) is 0 Å². The second-order valence-electron chi connectivity index (χ2n) is 5.13. The molecular weight excluding hydrogens is 260 g/mol. The summed E-state index contributed by atoms with van der Waals surface area (Å²) in [5, 5.41) is 3.38. The van der Waals surface area contributed by atoms with Gasteiger partial charge in [0.05, 0.1) is 16.4 Å². The Bertz CT molecular complexity index is 1140. The van der Waals surface area contributed by atoms with Gasteiger partial charge in [-0.05, 0) is 29.0 Å². The van der Waals surface area contributed by atoms with Crippen LogP contribution in [0.2, 0.25) is 0 Å². The Morgan fingerprint density at radius 3 is 2.38 bits per heavy atom. The molecule has 0 saturated carbocycles. The van der Waals surface area contributed by atoms with Gasteiger partial charge in [-0.1, -0.05) is 42.5 Å². The van der Waals surface area contributed by atoms with Crippen LogP contribution >= 0.6 is 0 Å². The van der Waals surface area contributed by atoms with Gasteiger partial charge in [-0.15, -0.1) is 0 Å². The van der Waals surface area contributed by atoms with Gasteiger partial charge in [0.1, 0.15) is 11.1 Å². The first-order chi connectivity index (χ1) is 10.4. The van der Waals surface area contributed by atoms with Crippen molar-refractivity contribution in [1.29, 1.82) is 0 Å². The van der Waals surface area contributed by atoms with E-state index in [-0.39, 0.29) is 0 Å². The molecule has 3 aromatic carbocycles. The maximum Gasteiger partial charge on any atom is 0.246 e. The van der Waals surface area contributed by atoms with Crippen molar-refractivity contribution in [2.75, 3.05) is 0 Å². The van der Waals surface area contributed by atoms with E-state index in [1.54, 1.807) is 0 Å². The molecule has 0 aliphatic rings. The molecule has 0 bridgehead atoms. The zero-order valence-electron chi connectivity index (χ0n) is 11.1. The van der Waals surface area contributed by atoms with Gasteiger partial charge in [0, 0.05) is 0 Å². The first kappa shape index (κ1) is 10.8. The summed E-state index contributed by atoms with van der Waals surface area (Å²) in [5.41, 5.74) is 4.01. The van der Waals surface area contributed by atoms with E-state index >= 15 is 0 Å². The molecule has 21 heavy (non-hydrogen) atoms. The molecule has 0 atom stereocenters. The fraction of sp³-hybridized carbons (Fsp3) is 0. The summed E-state index contributed by atoms with van der Waals surface area (Å²) in [6.07, 6.45) is 0. The lowest BCUT2D eigenvalue weighted by Crippen LogP contribution is -1.84. The van der Waals surface area contributed by atoms with Crippen LogP contribution in [0.1, 0.15) is 0 Å². The van der Waals surface area contributed by atoms with Gasteiger partial charge in [0.15, 0.2) is 0 Å². The van der Waals surface area contributed by atoms with E-state index in [2.05, 4.69) is 23.2 Å². The van der Waals surface area contributed by atoms with E-state index in [9.17, 15) is 0 Å². The van der Waals surface area contributed by atoms with Crippen LogP contribution < -0.4 is 0 Å². The summed E-state index contributed by atoms with van der Waals surface area (Å²) in [6, 6.07) is 20.2. The summed E-state index contributed by atoms with van der Waals surface area (Å²) >= 11 is 0. The van der Waals surface area contributed by atoms with Gasteiger partial charge >= 0.3 is 0 Å². The predicted molar refractivity (Wildman–Crippen MR) is 84.3 cm³/mol. The monoisotopic (exact) mass is 270 g/mol. The van der Waals surface area contributed by atoms with Crippen LogP contribution in [0.25, 0.3) is 44.0 Å². The first-order valence-corrected chi connectivity index (χ1v) is 6.87. The third-order valence-electron chi connectivity index (χ3n) is 3.87. The summed E-state index contributed by atoms with van der Waals surface area (Å²) in [7, 11) is 0. The average Bonchev–Trinajstić information content (AvgIpc) is 2.90. The van der Waals surface area contributed by atoms with Crippen LogP contribution in [-0.2, 0) is 0 Å². The number of hydrogen-bond acceptors (Lipinski definition) is 3. The Balaban J connectivity index is 2.08. The van der Waals surface area contributed by atoms with E-state index in [0.29, 0.717) is 5.71 Å². The maximum absolute atomic E-state index is 5.90. The van der Waals surface area contributed by atoms with Crippen molar-refractivity contribution in [2.45, 2.75) is 0 Å². The van der Waals surface area contributed by atoms with Crippen molar-refractivity contribution < 1.29 is 4.42 Å². The largest absolute Gasteiger partial charge is 0.436 e. The average molecular weight is 270 g/mol. The molecule has 0 fully saturated rings. The molecule has 5 aromatic rings. The molecule has 0 spiro atoms. The molecule has 0 saturated heterocycles. The topological polar surface area (TPSA) is 38.9 Å². The normalized spacial score (nSPS) is 11.8. The fourth-order valence-corrected chi connectivity index (χ4v) is 2.90. The third kappa shape index (κ3) is 1.43. The summed E-state index contributed by atoms with van der Waals surface area (Å²) in [5.74, 6) is 0. The number of fused-ring (bicyclic) bond motifs is 6. The molecule has 0 unspecified atom stereocenters. The van der Waals surface area contributed by atoms with Crippen LogP contribution in [0.5, 0.6) is 0 Å². The lowest BCUT2D eigenvalue weighted by Gasteiger charge is -1.98. The molecule has 0 amide bonds. The highest BCUT2D eigenvalue weighted by Crippen LogP contribution is 2.33. The van der Waals surface area contributed by atoms with Crippen LogP contribution in [0.3, 0.4) is 0 Å². The van der Waals surface area contributed by atoms with Crippen molar-refractivity contribution in [3.63, 3.8) is 0 Å². The molecule has 98 valence electrons. The van der Waals surface area contributed by atoms with E-state index in [0.717, 1.165) is 32.9 Å². The summed E-state index contributed by atoms with van der Waals surface area (Å²) in [4.78, 5) is 9.35. The Kier molecular flexibility index (Phi) is 1.95.